The molecule has 0 unspecified atom stereocenters. The SMILES string of the molecule is C=c1cc(C)cc(C(F)(F)F)/c1=C/C=C\[NH2+][O-]. The van der Waals surface area contributed by atoms with Crippen LogP contribution in [0.15, 0.2) is 24.4 Å². The van der Waals surface area contributed by atoms with Gasteiger partial charge in [0.15, 0.2) is 0 Å². The summed E-state index contributed by atoms with van der Waals surface area (Å²) in [4.78, 5) is 0. The van der Waals surface area contributed by atoms with E-state index in [0.717, 1.165) is 12.3 Å². The van der Waals surface area contributed by atoms with Crippen LogP contribution < -0.4 is 15.9 Å². The van der Waals surface area contributed by atoms with Crippen LogP contribution in [0.1, 0.15) is 11.1 Å². The predicted octanol–water partition coefficient (Wildman–Crippen LogP) is 0.780. The molecule has 0 saturated carbocycles. The van der Waals surface area contributed by atoms with Crippen molar-refractivity contribution in [2.75, 3.05) is 0 Å². The molecule has 17 heavy (non-hydrogen) atoms. The van der Waals surface area contributed by atoms with Gasteiger partial charge in [-0.05, 0) is 41.1 Å². The smallest absolute Gasteiger partial charge is 0.417 e. The molecular weight excluding hydrogens is 231 g/mol. The lowest BCUT2D eigenvalue weighted by Crippen LogP contribution is -2.69. The number of hydrogen-bond acceptors (Lipinski definition) is 1. The molecule has 0 aliphatic heterocycles. The molecule has 0 bridgehead atoms. The molecule has 0 saturated heterocycles. The van der Waals surface area contributed by atoms with Crippen LogP contribution in [0.3, 0.4) is 0 Å². The average Bonchev–Trinajstić information content (AvgIpc) is 2.19. The van der Waals surface area contributed by atoms with Crippen molar-refractivity contribution in [2.45, 2.75) is 13.1 Å². The van der Waals surface area contributed by atoms with E-state index in [4.69, 9.17) is 0 Å². The fraction of sp³-hybridized carbons (Fsp3) is 0.167. The molecule has 0 heterocycles. The van der Waals surface area contributed by atoms with Gasteiger partial charge in [-0.15, -0.1) is 0 Å². The first kappa shape index (κ1) is 13.5. The standard InChI is InChI=1S/C12H12F3NO/c1-8-6-9(2)10(4-3-5-16-17)11(7-8)12(13,14)15/h3-7H,2,16H2,1H3/b5-3-,10-4+. The van der Waals surface area contributed by atoms with Crippen LogP contribution in [-0.2, 0) is 6.18 Å². The number of benzene rings is 1. The lowest BCUT2D eigenvalue weighted by Gasteiger charge is -2.09. The molecule has 0 aliphatic rings. The Bertz CT molecular complexity index is 532. The van der Waals surface area contributed by atoms with E-state index >= 15 is 0 Å². The lowest BCUT2D eigenvalue weighted by atomic mass is 10.1. The highest BCUT2D eigenvalue weighted by Crippen LogP contribution is 2.26. The number of nitrogens with two attached hydrogens (primary N) is 1. The van der Waals surface area contributed by atoms with Gasteiger partial charge in [0.2, 0.25) is 0 Å². The van der Waals surface area contributed by atoms with E-state index in [1.165, 1.54) is 12.2 Å². The third-order valence-electron chi connectivity index (χ3n) is 2.17. The van der Waals surface area contributed by atoms with Crippen molar-refractivity contribution in [1.82, 2.24) is 0 Å². The molecule has 1 aromatic carbocycles. The first-order valence-corrected chi connectivity index (χ1v) is 4.85. The Morgan fingerprint density at radius 3 is 2.53 bits per heavy atom. The molecule has 0 amide bonds. The normalized spacial score (nSPS) is 13.6. The molecular formula is C12H12F3NO. The van der Waals surface area contributed by atoms with Crippen molar-refractivity contribution in [2.24, 2.45) is 0 Å². The van der Waals surface area contributed by atoms with Crippen LogP contribution in [0.25, 0.3) is 12.7 Å². The summed E-state index contributed by atoms with van der Waals surface area (Å²) < 4.78 is 38.3. The van der Waals surface area contributed by atoms with Crippen LogP contribution in [0, 0.1) is 12.1 Å². The molecule has 0 aromatic heterocycles. The topological polar surface area (TPSA) is 39.7 Å². The van der Waals surface area contributed by atoms with Crippen molar-refractivity contribution in [3.63, 3.8) is 0 Å². The highest BCUT2D eigenvalue weighted by molar-refractivity contribution is 5.42. The highest BCUT2D eigenvalue weighted by atomic mass is 19.4. The summed E-state index contributed by atoms with van der Waals surface area (Å²) >= 11 is 0. The second-order valence-electron chi connectivity index (χ2n) is 3.57. The second-order valence-corrected chi connectivity index (χ2v) is 3.57. The van der Waals surface area contributed by atoms with E-state index in [1.54, 1.807) is 13.0 Å². The fourth-order valence-electron chi connectivity index (χ4n) is 1.50. The van der Waals surface area contributed by atoms with E-state index in [1.807, 2.05) is 0 Å². The van der Waals surface area contributed by atoms with Gasteiger partial charge in [0.05, 0.1) is 11.8 Å². The van der Waals surface area contributed by atoms with E-state index in [-0.39, 0.29) is 10.4 Å². The minimum Gasteiger partial charge on any atom is -0.631 e. The fourth-order valence-corrected chi connectivity index (χ4v) is 1.50. The molecule has 2 N–H and O–H groups in total. The number of rotatable bonds is 2. The minimum atomic E-state index is -4.43. The van der Waals surface area contributed by atoms with E-state index in [0.29, 0.717) is 11.0 Å². The van der Waals surface area contributed by atoms with Gasteiger partial charge in [0.1, 0.15) is 0 Å². The molecule has 92 valence electrons. The summed E-state index contributed by atoms with van der Waals surface area (Å²) in [7, 11) is 0. The van der Waals surface area contributed by atoms with E-state index in [2.05, 4.69) is 6.58 Å². The van der Waals surface area contributed by atoms with Crippen LogP contribution in [0.5, 0.6) is 0 Å². The second kappa shape index (κ2) is 5.16. The zero-order chi connectivity index (χ0) is 13.1. The maximum Gasteiger partial charge on any atom is 0.417 e. The van der Waals surface area contributed by atoms with E-state index < -0.39 is 11.7 Å². The molecule has 1 rings (SSSR count). The quantitative estimate of drug-likeness (QED) is 0.766. The number of alkyl halides is 3. The molecule has 2 nitrogen and oxygen atoms in total. The number of quaternary nitrogens is 1. The summed E-state index contributed by atoms with van der Waals surface area (Å²) in [6, 6.07) is 2.63. The van der Waals surface area contributed by atoms with Crippen LogP contribution in [0.2, 0.25) is 0 Å². The first-order chi connectivity index (χ1) is 7.86. The molecule has 1 aromatic rings. The molecule has 0 aliphatic carbocycles. The van der Waals surface area contributed by atoms with Gasteiger partial charge in [-0.1, -0.05) is 12.6 Å². The third kappa shape index (κ3) is 3.44. The van der Waals surface area contributed by atoms with Crippen molar-refractivity contribution in [1.29, 1.82) is 0 Å². The molecule has 0 atom stereocenters. The maximum absolute atomic E-state index is 12.8. The Morgan fingerprint density at radius 2 is 2.00 bits per heavy atom. The van der Waals surface area contributed by atoms with Gasteiger partial charge < -0.3 is 10.7 Å². The van der Waals surface area contributed by atoms with Crippen LogP contribution in [-0.4, -0.2) is 0 Å². The number of aryl methyl sites for hydroxylation is 1. The summed E-state index contributed by atoms with van der Waals surface area (Å²) in [5.74, 6) is 0. The molecule has 0 spiro atoms. The Morgan fingerprint density at radius 1 is 1.35 bits per heavy atom. The molecule has 5 heteroatoms. The number of halogens is 3. The van der Waals surface area contributed by atoms with Crippen molar-refractivity contribution in [3.8, 4) is 0 Å². The van der Waals surface area contributed by atoms with Gasteiger partial charge in [-0.25, -0.2) is 0 Å². The zero-order valence-corrected chi connectivity index (χ0v) is 9.21. The van der Waals surface area contributed by atoms with E-state index in [9.17, 15) is 18.4 Å². The largest absolute Gasteiger partial charge is 0.631 e. The Hall–Kier alpha value is -1.59. The Labute approximate surface area is 96.3 Å². The van der Waals surface area contributed by atoms with Crippen molar-refractivity contribution in [3.05, 3.63) is 51.2 Å². The van der Waals surface area contributed by atoms with Crippen molar-refractivity contribution >= 4 is 12.7 Å². The third-order valence-corrected chi connectivity index (χ3v) is 2.17. The Balaban J connectivity index is 3.53. The van der Waals surface area contributed by atoms with Gasteiger partial charge in [0, 0.05) is 0 Å². The van der Waals surface area contributed by atoms with Gasteiger partial charge >= 0.3 is 6.18 Å². The van der Waals surface area contributed by atoms with Crippen LogP contribution in [0.4, 0.5) is 13.2 Å². The summed E-state index contributed by atoms with van der Waals surface area (Å²) in [6.45, 7) is 5.16. The minimum absolute atomic E-state index is 0.0128. The molecule has 0 fully saturated rings. The first-order valence-electron chi connectivity index (χ1n) is 4.85. The highest BCUT2D eigenvalue weighted by Gasteiger charge is 2.31. The number of hydrogen-bond donors (Lipinski definition) is 1. The van der Waals surface area contributed by atoms with Crippen molar-refractivity contribution < 1.29 is 18.7 Å². The predicted molar refractivity (Wildman–Crippen MR) is 59.9 cm³/mol. The molecule has 0 radical (unpaired) electrons. The maximum atomic E-state index is 12.8. The summed E-state index contributed by atoms with van der Waals surface area (Å²) in [5.41, 5.74) is 0.262. The summed E-state index contributed by atoms with van der Waals surface area (Å²) in [5, 5.41) is 10.3. The van der Waals surface area contributed by atoms with Gasteiger partial charge in [0.25, 0.3) is 0 Å². The zero-order valence-electron chi connectivity index (χ0n) is 9.21. The van der Waals surface area contributed by atoms with Gasteiger partial charge in [-0.3, -0.25) is 0 Å². The number of allylic oxidation sites excluding steroid dienone is 1. The monoisotopic (exact) mass is 243 g/mol. The van der Waals surface area contributed by atoms with Gasteiger partial charge in [-0.2, -0.15) is 13.2 Å². The Kier molecular flexibility index (Phi) is 4.09. The number of hydroxylamine groups is 1. The van der Waals surface area contributed by atoms with Crippen LogP contribution >= 0.6 is 0 Å². The average molecular weight is 243 g/mol. The summed E-state index contributed by atoms with van der Waals surface area (Å²) in [6.07, 6.45) is -0.806. The lowest BCUT2D eigenvalue weighted by molar-refractivity contribution is -0.514.